The second-order valence-electron chi connectivity index (χ2n) is 12.6. The number of allylic oxidation sites excluding steroid dienone is 1. The molecular weight excluding hydrogens is 368 g/mol. The molecule has 3 saturated carbocycles. The maximum atomic E-state index is 5.75. The normalized spacial score (nSPS) is 44.6. The molecule has 0 aromatic rings. The number of methoxy groups -OCH3 is 2. The summed E-state index contributed by atoms with van der Waals surface area (Å²) < 4.78 is 11.5. The molecule has 2 nitrogen and oxygen atoms in total. The van der Waals surface area contributed by atoms with E-state index in [1.165, 1.54) is 64.2 Å². The Hall–Kier alpha value is -0.340. The van der Waals surface area contributed by atoms with Crippen LogP contribution >= 0.6 is 0 Å². The number of rotatable bonds is 6. The molecule has 0 spiro atoms. The summed E-state index contributed by atoms with van der Waals surface area (Å²) in [6.45, 7) is 12.3. The fourth-order valence-corrected chi connectivity index (χ4v) is 8.68. The molecule has 8 atom stereocenters. The maximum absolute atomic E-state index is 5.75. The van der Waals surface area contributed by atoms with Gasteiger partial charge in [0.15, 0.2) is 0 Å². The zero-order chi connectivity index (χ0) is 21.7. The monoisotopic (exact) mass is 416 g/mol. The summed E-state index contributed by atoms with van der Waals surface area (Å²) in [5, 5.41) is 0. The maximum Gasteiger partial charge on any atom is 0.0622 e. The Morgan fingerprint density at radius 2 is 1.83 bits per heavy atom. The number of ether oxygens (including phenoxy) is 2. The summed E-state index contributed by atoms with van der Waals surface area (Å²) in [5.41, 5.74) is 2.77. The first kappa shape index (κ1) is 22.8. The Morgan fingerprint density at radius 1 is 1.07 bits per heavy atom. The topological polar surface area (TPSA) is 18.5 Å². The Balaban J connectivity index is 1.49. The molecule has 30 heavy (non-hydrogen) atoms. The first-order valence-electron chi connectivity index (χ1n) is 12.9. The highest BCUT2D eigenvalue weighted by Gasteiger charge is 2.59. The molecule has 0 unspecified atom stereocenters. The van der Waals surface area contributed by atoms with Gasteiger partial charge in [-0.1, -0.05) is 32.4 Å². The Kier molecular flexibility index (Phi) is 6.26. The molecule has 4 aliphatic rings. The quantitative estimate of drug-likeness (QED) is 0.419. The van der Waals surface area contributed by atoms with E-state index >= 15 is 0 Å². The van der Waals surface area contributed by atoms with Crippen LogP contribution in [0, 0.1) is 40.4 Å². The van der Waals surface area contributed by atoms with E-state index in [-0.39, 0.29) is 5.60 Å². The van der Waals surface area contributed by atoms with Gasteiger partial charge in [0, 0.05) is 14.2 Å². The molecule has 0 N–H and O–H groups in total. The van der Waals surface area contributed by atoms with Gasteiger partial charge in [-0.15, -0.1) is 0 Å². The predicted octanol–water partition coefficient (Wildman–Crippen LogP) is 7.42. The first-order valence-corrected chi connectivity index (χ1v) is 12.9. The van der Waals surface area contributed by atoms with Crippen molar-refractivity contribution in [3.05, 3.63) is 11.6 Å². The number of hydrogen-bond acceptors (Lipinski definition) is 2. The molecule has 0 aromatic heterocycles. The Labute approximate surface area is 186 Å². The highest BCUT2D eigenvalue weighted by molar-refractivity contribution is 5.25. The van der Waals surface area contributed by atoms with Gasteiger partial charge in [-0.2, -0.15) is 0 Å². The van der Waals surface area contributed by atoms with Crippen molar-refractivity contribution in [2.24, 2.45) is 40.4 Å². The lowest BCUT2D eigenvalue weighted by molar-refractivity contribution is -0.0619. The van der Waals surface area contributed by atoms with Crippen molar-refractivity contribution >= 4 is 0 Å². The minimum atomic E-state index is 0.0189. The minimum absolute atomic E-state index is 0.0189. The molecule has 0 heterocycles. The van der Waals surface area contributed by atoms with Gasteiger partial charge >= 0.3 is 0 Å². The Morgan fingerprint density at radius 3 is 2.53 bits per heavy atom. The van der Waals surface area contributed by atoms with Gasteiger partial charge in [0.2, 0.25) is 0 Å². The summed E-state index contributed by atoms with van der Waals surface area (Å²) in [6.07, 6.45) is 16.6. The molecule has 0 bridgehead atoms. The van der Waals surface area contributed by atoms with Crippen LogP contribution in [0.5, 0.6) is 0 Å². The molecule has 0 aliphatic heterocycles. The molecule has 0 saturated heterocycles. The van der Waals surface area contributed by atoms with E-state index in [1.807, 2.05) is 14.2 Å². The summed E-state index contributed by atoms with van der Waals surface area (Å²) >= 11 is 0. The Bertz CT molecular complexity index is 651. The molecule has 2 heteroatoms. The highest BCUT2D eigenvalue weighted by atomic mass is 16.5. The second-order valence-corrected chi connectivity index (χ2v) is 12.6. The third kappa shape index (κ3) is 3.72. The van der Waals surface area contributed by atoms with Crippen molar-refractivity contribution in [3.63, 3.8) is 0 Å². The lowest BCUT2D eigenvalue weighted by atomic mass is 9.47. The lowest BCUT2D eigenvalue weighted by Crippen LogP contribution is -2.51. The van der Waals surface area contributed by atoms with Gasteiger partial charge < -0.3 is 9.47 Å². The molecule has 3 fully saturated rings. The largest absolute Gasteiger partial charge is 0.381 e. The molecule has 172 valence electrons. The molecule has 4 rings (SSSR count). The zero-order valence-electron chi connectivity index (χ0n) is 20.9. The minimum Gasteiger partial charge on any atom is -0.381 e. The van der Waals surface area contributed by atoms with E-state index in [4.69, 9.17) is 9.47 Å². The van der Waals surface area contributed by atoms with Crippen LogP contribution in [0.3, 0.4) is 0 Å². The van der Waals surface area contributed by atoms with Crippen molar-refractivity contribution in [1.29, 1.82) is 0 Å². The smallest absolute Gasteiger partial charge is 0.0622 e. The van der Waals surface area contributed by atoms with Crippen LogP contribution in [0.25, 0.3) is 0 Å². The van der Waals surface area contributed by atoms with Crippen LogP contribution < -0.4 is 0 Å². The van der Waals surface area contributed by atoms with Gasteiger partial charge in [-0.25, -0.2) is 0 Å². The fourth-order valence-electron chi connectivity index (χ4n) is 8.68. The van der Waals surface area contributed by atoms with E-state index in [2.05, 4.69) is 40.7 Å². The van der Waals surface area contributed by atoms with Crippen molar-refractivity contribution in [3.8, 4) is 0 Å². The average Bonchev–Trinajstić information content (AvgIpc) is 3.08. The van der Waals surface area contributed by atoms with Crippen molar-refractivity contribution in [2.45, 2.75) is 111 Å². The van der Waals surface area contributed by atoms with E-state index in [0.717, 1.165) is 29.6 Å². The fraction of sp³-hybridized carbons (Fsp3) is 0.929. The van der Waals surface area contributed by atoms with Gasteiger partial charge in [0.1, 0.15) is 0 Å². The van der Waals surface area contributed by atoms with Gasteiger partial charge in [0.25, 0.3) is 0 Å². The summed E-state index contributed by atoms with van der Waals surface area (Å²) in [7, 11) is 3.77. The van der Waals surface area contributed by atoms with Crippen molar-refractivity contribution < 1.29 is 9.47 Å². The molecular formula is C28H48O2. The van der Waals surface area contributed by atoms with E-state index in [0.29, 0.717) is 16.9 Å². The van der Waals surface area contributed by atoms with E-state index in [9.17, 15) is 0 Å². The third-order valence-electron chi connectivity index (χ3n) is 10.9. The van der Waals surface area contributed by atoms with Crippen LogP contribution in [0.4, 0.5) is 0 Å². The SMILES string of the molecule is CO[C@H]1CC[C@@]2(C)C(=CC[C@H]3[C@@H]4CC[C@H]([C@H](C)CCC(C)(C)OC)[C@@]4(C)CC[C@@H]32)C1. The highest BCUT2D eigenvalue weighted by Crippen LogP contribution is 2.67. The summed E-state index contributed by atoms with van der Waals surface area (Å²) in [6, 6.07) is 0. The molecule has 0 radical (unpaired) electrons. The summed E-state index contributed by atoms with van der Waals surface area (Å²) in [5.74, 6) is 4.49. The lowest BCUT2D eigenvalue weighted by Gasteiger charge is -2.58. The number of hydrogen-bond donors (Lipinski definition) is 0. The van der Waals surface area contributed by atoms with Crippen LogP contribution in [0.2, 0.25) is 0 Å². The van der Waals surface area contributed by atoms with Crippen LogP contribution in [-0.2, 0) is 9.47 Å². The van der Waals surface area contributed by atoms with E-state index < -0.39 is 0 Å². The molecule has 0 amide bonds. The molecule has 4 aliphatic carbocycles. The van der Waals surface area contributed by atoms with Gasteiger partial charge in [-0.05, 0) is 118 Å². The van der Waals surface area contributed by atoms with Crippen LogP contribution in [0.15, 0.2) is 11.6 Å². The van der Waals surface area contributed by atoms with Crippen LogP contribution in [0.1, 0.15) is 98.8 Å². The standard InChI is InChI=1S/C28H48O2/c1-19(12-15-26(2,3)30-7)23-10-11-24-22-9-8-20-18-21(29-6)13-16-27(20,4)25(22)14-17-28(23,24)5/h8,19,21-25H,9-18H2,1-7H3/t19-,21+,22+,23-,24+,25+,27+,28-/m1/s1. The number of fused-ring (bicyclic) bond motifs is 5. The van der Waals surface area contributed by atoms with Gasteiger partial charge in [-0.3, -0.25) is 0 Å². The van der Waals surface area contributed by atoms with Gasteiger partial charge in [0.05, 0.1) is 11.7 Å². The molecule has 0 aromatic carbocycles. The first-order chi connectivity index (χ1) is 14.1. The van der Waals surface area contributed by atoms with Crippen molar-refractivity contribution in [2.75, 3.05) is 14.2 Å². The van der Waals surface area contributed by atoms with E-state index in [1.54, 1.807) is 5.57 Å². The van der Waals surface area contributed by atoms with Crippen LogP contribution in [-0.4, -0.2) is 25.9 Å². The predicted molar refractivity (Wildman–Crippen MR) is 125 cm³/mol. The second kappa shape index (κ2) is 8.22. The average molecular weight is 417 g/mol. The third-order valence-corrected chi connectivity index (χ3v) is 10.9. The van der Waals surface area contributed by atoms with Crippen molar-refractivity contribution in [1.82, 2.24) is 0 Å². The zero-order valence-corrected chi connectivity index (χ0v) is 20.9. The summed E-state index contributed by atoms with van der Waals surface area (Å²) in [4.78, 5) is 0.